The van der Waals surface area contributed by atoms with Crippen molar-refractivity contribution in [1.82, 2.24) is 14.1 Å². The van der Waals surface area contributed by atoms with E-state index >= 15 is 0 Å². The number of piperidine rings is 1. The maximum absolute atomic E-state index is 13.0. The summed E-state index contributed by atoms with van der Waals surface area (Å²) >= 11 is 0. The van der Waals surface area contributed by atoms with Crippen molar-refractivity contribution in [3.8, 4) is 0 Å². The maximum Gasteiger partial charge on any atom is 0.251 e. The molecule has 2 amide bonds. The van der Waals surface area contributed by atoms with Crippen molar-refractivity contribution in [3.05, 3.63) is 29.8 Å². The van der Waals surface area contributed by atoms with E-state index in [4.69, 9.17) is 4.74 Å². The molecule has 1 atom stereocenters. The Morgan fingerprint density at radius 2 is 1.45 bits per heavy atom. The summed E-state index contributed by atoms with van der Waals surface area (Å²) in [5.41, 5.74) is 1.01. The van der Waals surface area contributed by atoms with Gasteiger partial charge in [-0.2, -0.15) is 4.31 Å². The molecule has 0 spiro atoms. The van der Waals surface area contributed by atoms with Crippen molar-refractivity contribution >= 4 is 21.8 Å². The van der Waals surface area contributed by atoms with E-state index in [-0.39, 0.29) is 23.8 Å². The number of piperazine rings is 1. The number of carbonyl (C=O) groups is 2. The number of rotatable bonds is 4. The Kier molecular flexibility index (Phi) is 6.64. The summed E-state index contributed by atoms with van der Waals surface area (Å²) in [7, 11) is -3.53. The molecule has 4 rings (SSSR count). The lowest BCUT2D eigenvalue weighted by Crippen LogP contribution is -2.54. The summed E-state index contributed by atoms with van der Waals surface area (Å²) in [5.74, 6) is -0.0410. The molecule has 9 heteroatoms. The first-order valence-electron chi connectivity index (χ1n) is 11.1. The van der Waals surface area contributed by atoms with Crippen LogP contribution >= 0.6 is 0 Å². The first kappa shape index (κ1) is 22.2. The zero-order chi connectivity index (χ0) is 22.0. The van der Waals surface area contributed by atoms with Crippen LogP contribution in [0.4, 0.5) is 0 Å². The summed E-state index contributed by atoms with van der Waals surface area (Å²) < 4.78 is 32.7. The lowest BCUT2D eigenvalue weighted by molar-refractivity contribution is -0.147. The third-order valence-electron chi connectivity index (χ3n) is 6.57. The van der Waals surface area contributed by atoms with E-state index in [1.54, 1.807) is 29.2 Å². The van der Waals surface area contributed by atoms with Gasteiger partial charge in [0.25, 0.3) is 5.91 Å². The fourth-order valence-corrected chi connectivity index (χ4v) is 6.05. The van der Waals surface area contributed by atoms with Crippen molar-refractivity contribution in [2.45, 2.75) is 43.6 Å². The fraction of sp³-hybridized carbons (Fsp3) is 0.636. The van der Waals surface area contributed by atoms with Crippen LogP contribution in [-0.2, 0) is 24.3 Å². The number of benzene rings is 1. The lowest BCUT2D eigenvalue weighted by atomic mass is 9.96. The van der Waals surface area contributed by atoms with Gasteiger partial charge in [-0.05, 0) is 44.7 Å². The highest BCUT2D eigenvalue weighted by atomic mass is 32.2. The van der Waals surface area contributed by atoms with Gasteiger partial charge in [0, 0.05) is 51.8 Å². The number of aryl methyl sites for hydroxylation is 1. The molecular formula is C22H31N3O5S. The number of carbonyl (C=O) groups excluding carboxylic acids is 2. The average Bonchev–Trinajstić information content (AvgIpc) is 3.34. The second kappa shape index (κ2) is 9.26. The van der Waals surface area contributed by atoms with Gasteiger partial charge in [0.1, 0.15) is 6.10 Å². The molecule has 1 aromatic carbocycles. The van der Waals surface area contributed by atoms with Gasteiger partial charge in [-0.3, -0.25) is 9.59 Å². The summed E-state index contributed by atoms with van der Waals surface area (Å²) in [6.07, 6.45) is 2.44. The topological polar surface area (TPSA) is 87.2 Å². The van der Waals surface area contributed by atoms with Crippen LogP contribution in [0, 0.1) is 12.8 Å². The molecule has 31 heavy (non-hydrogen) atoms. The Hall–Kier alpha value is -1.97. The molecule has 3 saturated heterocycles. The Morgan fingerprint density at radius 1 is 0.871 bits per heavy atom. The van der Waals surface area contributed by atoms with Crippen LogP contribution in [0.2, 0.25) is 0 Å². The SMILES string of the molecule is Cc1ccc(S(=O)(=O)N2CCC(C(=O)N3CCN(C(=O)C4CCCO4)CC3)CC2)cc1. The summed E-state index contributed by atoms with van der Waals surface area (Å²) in [5, 5.41) is 0. The van der Waals surface area contributed by atoms with E-state index in [1.165, 1.54) is 4.31 Å². The van der Waals surface area contributed by atoms with E-state index in [0.717, 1.165) is 18.4 Å². The number of hydrogen-bond acceptors (Lipinski definition) is 5. The quantitative estimate of drug-likeness (QED) is 0.690. The van der Waals surface area contributed by atoms with Crippen molar-refractivity contribution in [1.29, 1.82) is 0 Å². The third kappa shape index (κ3) is 4.78. The molecule has 3 heterocycles. The molecular weight excluding hydrogens is 418 g/mol. The first-order valence-corrected chi connectivity index (χ1v) is 12.6. The highest BCUT2D eigenvalue weighted by molar-refractivity contribution is 7.89. The molecule has 1 unspecified atom stereocenters. The molecule has 0 aliphatic carbocycles. The zero-order valence-electron chi connectivity index (χ0n) is 18.0. The van der Waals surface area contributed by atoms with Crippen molar-refractivity contribution in [2.24, 2.45) is 5.92 Å². The standard InChI is InChI=1S/C22H31N3O5S/c1-17-4-6-19(7-5-17)31(28,29)25-10-8-18(9-11-25)21(26)23-12-14-24(15-13-23)22(27)20-3-2-16-30-20/h4-7,18,20H,2-3,8-16H2,1H3. The Bertz CT molecular complexity index is 896. The minimum absolute atomic E-state index is 0.0409. The van der Waals surface area contributed by atoms with Crippen molar-refractivity contribution < 1.29 is 22.7 Å². The number of hydrogen-bond donors (Lipinski definition) is 0. The monoisotopic (exact) mass is 449 g/mol. The van der Waals surface area contributed by atoms with E-state index < -0.39 is 10.0 Å². The van der Waals surface area contributed by atoms with E-state index in [2.05, 4.69) is 0 Å². The normalized spacial score (nSPS) is 23.8. The van der Waals surface area contributed by atoms with Gasteiger partial charge in [-0.15, -0.1) is 0 Å². The van der Waals surface area contributed by atoms with Crippen LogP contribution in [0.5, 0.6) is 0 Å². The second-order valence-electron chi connectivity index (χ2n) is 8.64. The van der Waals surface area contributed by atoms with Gasteiger partial charge in [0.15, 0.2) is 0 Å². The molecule has 170 valence electrons. The van der Waals surface area contributed by atoms with Crippen LogP contribution in [-0.4, -0.2) is 86.3 Å². The summed E-state index contributed by atoms with van der Waals surface area (Å²) in [6, 6.07) is 6.87. The Labute approximate surface area is 184 Å². The predicted molar refractivity (Wildman–Crippen MR) is 115 cm³/mol. The lowest BCUT2D eigenvalue weighted by Gasteiger charge is -2.38. The summed E-state index contributed by atoms with van der Waals surface area (Å²) in [4.78, 5) is 29.4. The molecule has 3 aliphatic rings. The second-order valence-corrected chi connectivity index (χ2v) is 10.6. The van der Waals surface area contributed by atoms with Gasteiger partial charge in [0.05, 0.1) is 4.90 Å². The number of nitrogens with zero attached hydrogens (tertiary/aromatic N) is 3. The molecule has 0 N–H and O–H groups in total. The van der Waals surface area contributed by atoms with Crippen LogP contribution in [0.25, 0.3) is 0 Å². The number of sulfonamides is 1. The van der Waals surface area contributed by atoms with E-state index in [9.17, 15) is 18.0 Å². The molecule has 0 aromatic heterocycles. The minimum atomic E-state index is -3.53. The Morgan fingerprint density at radius 3 is 2.00 bits per heavy atom. The van der Waals surface area contributed by atoms with Gasteiger partial charge < -0.3 is 14.5 Å². The van der Waals surface area contributed by atoms with Crippen molar-refractivity contribution in [2.75, 3.05) is 45.9 Å². The molecule has 8 nitrogen and oxygen atoms in total. The van der Waals surface area contributed by atoms with Crippen molar-refractivity contribution in [3.63, 3.8) is 0 Å². The van der Waals surface area contributed by atoms with E-state index in [1.807, 2.05) is 11.8 Å². The molecule has 0 saturated carbocycles. The molecule has 3 fully saturated rings. The highest BCUT2D eigenvalue weighted by Gasteiger charge is 2.36. The molecule has 0 radical (unpaired) electrons. The van der Waals surface area contributed by atoms with E-state index in [0.29, 0.717) is 63.6 Å². The Balaban J connectivity index is 1.28. The average molecular weight is 450 g/mol. The van der Waals surface area contributed by atoms with Gasteiger partial charge in [-0.25, -0.2) is 8.42 Å². The summed E-state index contributed by atoms with van der Waals surface area (Å²) in [6.45, 7) is 5.39. The van der Waals surface area contributed by atoms with Crippen LogP contribution in [0.15, 0.2) is 29.2 Å². The van der Waals surface area contributed by atoms with Crippen LogP contribution in [0.3, 0.4) is 0 Å². The molecule has 3 aliphatic heterocycles. The minimum Gasteiger partial charge on any atom is -0.368 e. The molecule has 0 bridgehead atoms. The van der Waals surface area contributed by atoms with Crippen LogP contribution in [0.1, 0.15) is 31.2 Å². The third-order valence-corrected chi connectivity index (χ3v) is 8.48. The first-order chi connectivity index (χ1) is 14.9. The van der Waals surface area contributed by atoms with Gasteiger partial charge in [-0.1, -0.05) is 17.7 Å². The number of amides is 2. The van der Waals surface area contributed by atoms with Gasteiger partial charge >= 0.3 is 0 Å². The highest BCUT2D eigenvalue weighted by Crippen LogP contribution is 2.26. The molecule has 1 aromatic rings. The van der Waals surface area contributed by atoms with Gasteiger partial charge in [0.2, 0.25) is 15.9 Å². The fourth-order valence-electron chi connectivity index (χ4n) is 4.58. The number of ether oxygens (including phenoxy) is 1. The van der Waals surface area contributed by atoms with Crippen LogP contribution < -0.4 is 0 Å². The predicted octanol–water partition coefficient (Wildman–Crippen LogP) is 1.25. The zero-order valence-corrected chi connectivity index (χ0v) is 18.8. The largest absolute Gasteiger partial charge is 0.368 e. The smallest absolute Gasteiger partial charge is 0.251 e. The maximum atomic E-state index is 13.0.